The molecule has 1 heterocycles. The monoisotopic (exact) mass is 471 g/mol. The van der Waals surface area contributed by atoms with Gasteiger partial charge in [-0.1, -0.05) is 37.1 Å². The van der Waals surface area contributed by atoms with Crippen molar-refractivity contribution >= 4 is 33.4 Å². The van der Waals surface area contributed by atoms with E-state index in [1.807, 2.05) is 42.5 Å². The summed E-state index contributed by atoms with van der Waals surface area (Å²) in [6, 6.07) is 11.4. The number of rotatable bonds is 9. The van der Waals surface area contributed by atoms with E-state index in [0.717, 1.165) is 42.4 Å². The molecule has 0 aliphatic heterocycles. The van der Waals surface area contributed by atoms with Gasteiger partial charge in [0, 0.05) is 36.1 Å². The molecule has 0 atom stereocenters. The molecule has 10 heteroatoms. The first kappa shape index (κ1) is 24.4. The van der Waals surface area contributed by atoms with E-state index < -0.39 is 16.2 Å². The van der Waals surface area contributed by atoms with Crippen molar-refractivity contribution in [2.75, 3.05) is 5.32 Å². The van der Waals surface area contributed by atoms with E-state index in [-0.39, 0.29) is 18.4 Å². The lowest BCUT2D eigenvalue weighted by Gasteiger charge is -2.17. The summed E-state index contributed by atoms with van der Waals surface area (Å²) in [5, 5.41) is 20.3. The van der Waals surface area contributed by atoms with Crippen LogP contribution in [-0.4, -0.2) is 36.5 Å². The number of unbranched alkanes of at least 4 members (excludes halogenated alkanes) is 1. The van der Waals surface area contributed by atoms with Crippen molar-refractivity contribution in [3.8, 4) is 0 Å². The number of hydrogen-bond donors (Lipinski definition) is 4. The number of nitrogens with one attached hydrogen (secondary N) is 2. The lowest BCUT2D eigenvalue weighted by Crippen LogP contribution is -2.38. The molecule has 1 aromatic heterocycles. The third-order valence-corrected chi connectivity index (χ3v) is 5.70. The van der Waals surface area contributed by atoms with Crippen molar-refractivity contribution in [2.24, 2.45) is 9.54 Å². The van der Waals surface area contributed by atoms with Gasteiger partial charge >= 0.3 is 16.2 Å². The number of allylic oxidation sites excluding steroid dienone is 1. The summed E-state index contributed by atoms with van der Waals surface area (Å²) in [4.78, 5) is 15.0. The van der Waals surface area contributed by atoms with E-state index in [2.05, 4.69) is 20.0 Å². The van der Waals surface area contributed by atoms with Crippen LogP contribution in [0.4, 0.5) is 5.69 Å². The highest BCUT2D eigenvalue weighted by atomic mass is 32.2. The molecule has 0 spiro atoms. The first-order chi connectivity index (χ1) is 15.8. The Balaban J connectivity index is 1.86. The molecule has 5 N–H and O–H groups in total. The Morgan fingerprint density at radius 1 is 1.21 bits per heavy atom. The average Bonchev–Trinajstić information content (AvgIpc) is 3.26. The zero-order chi connectivity index (χ0) is 23.7. The predicted molar refractivity (Wildman–Crippen MR) is 129 cm³/mol. The largest absolute Gasteiger partial charge is 0.481 e. The molecule has 1 fully saturated rings. The van der Waals surface area contributed by atoms with Gasteiger partial charge in [0.25, 0.3) is 0 Å². The summed E-state index contributed by atoms with van der Waals surface area (Å²) in [6.07, 6.45) is 10.7. The smallest absolute Gasteiger partial charge is 0.320 e. The summed E-state index contributed by atoms with van der Waals surface area (Å²) in [5.74, 6) is -0.733. The van der Waals surface area contributed by atoms with E-state index in [1.54, 1.807) is 12.4 Å². The van der Waals surface area contributed by atoms with Gasteiger partial charge in [0.15, 0.2) is 0 Å². The lowest BCUT2D eigenvalue weighted by atomic mass is 9.97. The van der Waals surface area contributed by atoms with Crippen LogP contribution in [0.3, 0.4) is 0 Å². The second kappa shape index (κ2) is 11.6. The predicted octanol–water partition coefficient (Wildman–Crippen LogP) is 3.27. The van der Waals surface area contributed by atoms with Gasteiger partial charge in [-0.2, -0.15) is 8.42 Å². The molecule has 0 radical (unpaired) electrons. The molecule has 1 aliphatic rings. The van der Waals surface area contributed by atoms with Crippen LogP contribution in [0.1, 0.15) is 56.1 Å². The van der Waals surface area contributed by atoms with Gasteiger partial charge in [-0.15, -0.1) is 4.40 Å². The normalized spacial score (nSPS) is 15.4. The summed E-state index contributed by atoms with van der Waals surface area (Å²) in [5.41, 5.74) is 3.32. The van der Waals surface area contributed by atoms with Gasteiger partial charge in [-0.25, -0.2) is 5.14 Å². The molecule has 0 amide bonds. The Morgan fingerprint density at radius 2 is 1.97 bits per heavy atom. The maximum Gasteiger partial charge on any atom is 0.320 e. The second-order valence-electron chi connectivity index (χ2n) is 7.93. The first-order valence-electron chi connectivity index (χ1n) is 10.9. The summed E-state index contributed by atoms with van der Waals surface area (Å²) in [7, 11) is -4.08. The fourth-order valence-electron chi connectivity index (χ4n) is 3.80. The standard InChI is InChI=1S/C23H29N5O4S/c24-33(31,32)28-23(26-19-9-1-2-10-19)27-20-11-5-7-17(15-20)21(12-3-4-13-22(29)30)18-8-6-14-25-16-18/h5-8,11-12,14-16,19H,1-4,9-10,13H2,(H,29,30)(H2,24,31,32)(H2,26,27,28)/b21-12+. The minimum atomic E-state index is -4.08. The summed E-state index contributed by atoms with van der Waals surface area (Å²) >= 11 is 0. The fraction of sp³-hybridized carbons (Fsp3) is 0.348. The molecule has 1 saturated carbocycles. The molecule has 1 aromatic carbocycles. The number of carboxylic acids is 1. The van der Waals surface area contributed by atoms with Crippen LogP contribution in [0.25, 0.3) is 5.57 Å². The molecule has 176 valence electrons. The van der Waals surface area contributed by atoms with Gasteiger partial charge in [0.2, 0.25) is 5.96 Å². The van der Waals surface area contributed by atoms with Gasteiger partial charge in [-0.05, 0) is 55.0 Å². The van der Waals surface area contributed by atoms with E-state index in [9.17, 15) is 13.2 Å². The maximum atomic E-state index is 11.6. The van der Waals surface area contributed by atoms with Gasteiger partial charge in [0.1, 0.15) is 0 Å². The maximum absolute atomic E-state index is 11.6. The molecule has 2 aromatic rings. The van der Waals surface area contributed by atoms with Crippen LogP contribution in [0.5, 0.6) is 0 Å². The first-order valence-corrected chi connectivity index (χ1v) is 12.4. The number of pyridine rings is 1. The number of carbonyl (C=O) groups is 1. The number of nitrogens with zero attached hydrogens (tertiary/aromatic N) is 2. The van der Waals surface area contributed by atoms with Crippen LogP contribution in [0.15, 0.2) is 59.3 Å². The lowest BCUT2D eigenvalue weighted by molar-refractivity contribution is -0.137. The minimum absolute atomic E-state index is 0.0925. The third kappa shape index (κ3) is 8.32. The summed E-state index contributed by atoms with van der Waals surface area (Å²) in [6.45, 7) is 0. The van der Waals surface area contributed by atoms with Crippen LogP contribution >= 0.6 is 0 Å². The summed E-state index contributed by atoms with van der Waals surface area (Å²) < 4.78 is 26.9. The van der Waals surface area contributed by atoms with Crippen molar-refractivity contribution in [1.29, 1.82) is 0 Å². The van der Waals surface area contributed by atoms with E-state index in [1.165, 1.54) is 0 Å². The quantitative estimate of drug-likeness (QED) is 0.249. The average molecular weight is 472 g/mol. The number of nitrogens with two attached hydrogens (primary N) is 1. The Hall–Kier alpha value is -3.24. The van der Waals surface area contributed by atoms with E-state index in [0.29, 0.717) is 18.5 Å². The van der Waals surface area contributed by atoms with Crippen molar-refractivity contribution in [2.45, 2.75) is 51.0 Å². The Kier molecular flexibility index (Phi) is 8.56. The highest BCUT2D eigenvalue weighted by Crippen LogP contribution is 2.26. The molecule has 0 saturated heterocycles. The van der Waals surface area contributed by atoms with E-state index >= 15 is 0 Å². The molecule has 0 unspecified atom stereocenters. The third-order valence-electron chi connectivity index (χ3n) is 5.27. The SMILES string of the molecule is NS(=O)(=O)/N=C(\Nc1cccc(/C(=C\CCCC(=O)O)c2cccnc2)c1)NC1CCCC1. The number of anilines is 1. The van der Waals surface area contributed by atoms with Crippen molar-refractivity contribution in [1.82, 2.24) is 10.3 Å². The number of benzene rings is 1. The second-order valence-corrected chi connectivity index (χ2v) is 9.14. The Morgan fingerprint density at radius 3 is 2.64 bits per heavy atom. The molecular formula is C23H29N5O4S. The Labute approximate surface area is 194 Å². The number of hydrogen-bond acceptors (Lipinski definition) is 4. The van der Waals surface area contributed by atoms with Crippen LogP contribution in [-0.2, 0) is 15.0 Å². The molecular weight excluding hydrogens is 442 g/mol. The van der Waals surface area contributed by atoms with Gasteiger partial charge in [0.05, 0.1) is 0 Å². The van der Waals surface area contributed by atoms with Crippen LogP contribution < -0.4 is 15.8 Å². The highest BCUT2D eigenvalue weighted by molar-refractivity contribution is 7.88. The van der Waals surface area contributed by atoms with Crippen molar-refractivity contribution in [3.63, 3.8) is 0 Å². The van der Waals surface area contributed by atoms with Crippen LogP contribution in [0.2, 0.25) is 0 Å². The molecule has 9 nitrogen and oxygen atoms in total. The van der Waals surface area contributed by atoms with E-state index in [4.69, 9.17) is 10.2 Å². The number of aliphatic carboxylic acids is 1. The zero-order valence-electron chi connectivity index (χ0n) is 18.3. The topological polar surface area (TPSA) is 147 Å². The molecule has 3 rings (SSSR count). The number of guanidine groups is 1. The molecule has 1 aliphatic carbocycles. The van der Waals surface area contributed by atoms with Crippen molar-refractivity contribution < 1.29 is 18.3 Å². The molecule has 33 heavy (non-hydrogen) atoms. The van der Waals surface area contributed by atoms with Crippen LogP contribution in [0, 0.1) is 0 Å². The van der Waals surface area contributed by atoms with Crippen molar-refractivity contribution in [3.05, 3.63) is 66.0 Å². The Bertz CT molecular complexity index is 1110. The minimum Gasteiger partial charge on any atom is -0.481 e. The van der Waals surface area contributed by atoms with Gasteiger partial charge < -0.3 is 15.7 Å². The zero-order valence-corrected chi connectivity index (χ0v) is 19.1. The fourth-order valence-corrected chi connectivity index (χ4v) is 4.15. The highest BCUT2D eigenvalue weighted by Gasteiger charge is 2.18. The number of aromatic nitrogens is 1. The molecule has 0 bridgehead atoms. The number of carboxylic acid groups (broad SMARTS) is 1. The van der Waals surface area contributed by atoms with Gasteiger partial charge in [-0.3, -0.25) is 9.78 Å².